The summed E-state index contributed by atoms with van der Waals surface area (Å²) in [5.74, 6) is 1.66. The maximum absolute atomic E-state index is 11.6. The van der Waals surface area contributed by atoms with E-state index in [1.54, 1.807) is 42.6 Å². The van der Waals surface area contributed by atoms with Crippen molar-refractivity contribution in [2.75, 3.05) is 44.0 Å². The van der Waals surface area contributed by atoms with Gasteiger partial charge < -0.3 is 20.3 Å². The topological polar surface area (TPSA) is 110 Å². The van der Waals surface area contributed by atoms with Gasteiger partial charge in [0, 0.05) is 44.3 Å². The van der Waals surface area contributed by atoms with Gasteiger partial charge in [-0.3, -0.25) is 4.79 Å². The van der Waals surface area contributed by atoms with E-state index >= 15 is 0 Å². The molecule has 1 aliphatic rings. The summed E-state index contributed by atoms with van der Waals surface area (Å²) in [6.07, 6.45) is 3.26. The van der Waals surface area contributed by atoms with Crippen molar-refractivity contribution in [2.45, 2.75) is 13.5 Å². The van der Waals surface area contributed by atoms with Crippen LogP contribution >= 0.6 is 11.3 Å². The van der Waals surface area contributed by atoms with Crippen LogP contribution in [0.25, 0.3) is 21.6 Å². The molecule has 1 fully saturated rings. The second kappa shape index (κ2) is 7.64. The van der Waals surface area contributed by atoms with Gasteiger partial charge in [0.2, 0.25) is 11.9 Å². The molecule has 2 N–H and O–H groups in total. The van der Waals surface area contributed by atoms with Gasteiger partial charge in [0.25, 0.3) is 0 Å². The Hall–Kier alpha value is -2.85. The van der Waals surface area contributed by atoms with Crippen molar-refractivity contribution in [1.29, 1.82) is 0 Å². The molecule has 146 valence electrons. The lowest BCUT2D eigenvalue weighted by Crippen LogP contribution is -2.37. The molecule has 9 nitrogen and oxygen atoms in total. The molecule has 0 bridgehead atoms. The number of carbonyl (C=O) groups is 1. The fourth-order valence-electron chi connectivity index (χ4n) is 2.98. The lowest BCUT2D eigenvalue weighted by Gasteiger charge is -2.28. The molecular formula is C18H21N7O2S. The summed E-state index contributed by atoms with van der Waals surface area (Å²) in [5, 5.41) is 0.985. The van der Waals surface area contributed by atoms with E-state index in [1.165, 1.54) is 0 Å². The third kappa shape index (κ3) is 3.73. The molecule has 0 atom stereocenters. The highest BCUT2D eigenvalue weighted by atomic mass is 32.1. The predicted octanol–water partition coefficient (Wildman–Crippen LogP) is 1.55. The maximum atomic E-state index is 11.6. The number of morpholine rings is 1. The average molecular weight is 399 g/mol. The minimum absolute atomic E-state index is 0.0247. The van der Waals surface area contributed by atoms with Crippen LogP contribution in [0, 0.1) is 0 Å². The third-order valence-electron chi connectivity index (χ3n) is 4.59. The van der Waals surface area contributed by atoms with Crippen LogP contribution in [0.2, 0.25) is 0 Å². The molecule has 10 heteroatoms. The first-order chi connectivity index (χ1) is 13.5. The van der Waals surface area contributed by atoms with Gasteiger partial charge >= 0.3 is 0 Å². The summed E-state index contributed by atoms with van der Waals surface area (Å²) in [6.45, 7) is 4.96. The van der Waals surface area contributed by atoms with Crippen molar-refractivity contribution in [3.05, 3.63) is 23.3 Å². The first-order valence-corrected chi connectivity index (χ1v) is 9.75. The zero-order valence-corrected chi connectivity index (χ0v) is 16.6. The Kier molecular flexibility index (Phi) is 5.05. The molecule has 0 saturated carbocycles. The monoisotopic (exact) mass is 399 g/mol. The number of hydrogen-bond donors (Lipinski definition) is 1. The van der Waals surface area contributed by atoms with Crippen molar-refractivity contribution in [3.8, 4) is 11.4 Å². The number of thiophene rings is 1. The number of anilines is 2. The van der Waals surface area contributed by atoms with E-state index in [0.29, 0.717) is 31.1 Å². The second-order valence-electron chi connectivity index (χ2n) is 6.61. The van der Waals surface area contributed by atoms with Gasteiger partial charge in [-0.15, -0.1) is 11.3 Å². The number of nitrogen functional groups attached to an aromatic ring is 1. The van der Waals surface area contributed by atoms with Gasteiger partial charge in [0.05, 0.1) is 30.7 Å². The Balaban J connectivity index is 1.80. The lowest BCUT2D eigenvalue weighted by atomic mass is 10.2. The summed E-state index contributed by atoms with van der Waals surface area (Å²) in [5.41, 5.74) is 6.31. The molecule has 28 heavy (non-hydrogen) atoms. The van der Waals surface area contributed by atoms with Gasteiger partial charge in [0.1, 0.15) is 10.6 Å². The number of hydrogen-bond acceptors (Lipinski definition) is 9. The standard InChI is InChI=1S/C18H21N7O2S/c1-11(26)24(2)10-13-7-14-16(25-3-5-27-6-4-25)22-15(23-17(14)28-13)12-8-20-18(19)21-9-12/h7-9H,3-6,10H2,1-2H3,(H2,19,20,21). The van der Waals surface area contributed by atoms with E-state index < -0.39 is 0 Å². The maximum Gasteiger partial charge on any atom is 0.219 e. The molecule has 3 aromatic heterocycles. The predicted molar refractivity (Wildman–Crippen MR) is 108 cm³/mol. The molecule has 0 spiro atoms. The normalized spacial score (nSPS) is 14.4. The van der Waals surface area contributed by atoms with Crippen molar-refractivity contribution in [2.24, 2.45) is 0 Å². The molecule has 3 aromatic rings. The third-order valence-corrected chi connectivity index (χ3v) is 5.61. The summed E-state index contributed by atoms with van der Waals surface area (Å²) in [7, 11) is 1.79. The number of ether oxygens (including phenoxy) is 1. The van der Waals surface area contributed by atoms with Gasteiger partial charge in [0.15, 0.2) is 5.82 Å². The largest absolute Gasteiger partial charge is 0.378 e. The van der Waals surface area contributed by atoms with Gasteiger partial charge in [-0.05, 0) is 6.07 Å². The van der Waals surface area contributed by atoms with Gasteiger partial charge in [-0.2, -0.15) is 0 Å². The molecule has 4 heterocycles. The zero-order chi connectivity index (χ0) is 19.7. The number of carbonyl (C=O) groups excluding carboxylic acids is 1. The Bertz CT molecular complexity index is 999. The van der Waals surface area contributed by atoms with Crippen molar-refractivity contribution in [1.82, 2.24) is 24.8 Å². The summed E-state index contributed by atoms with van der Waals surface area (Å²) < 4.78 is 5.48. The SMILES string of the molecule is CC(=O)N(C)Cc1cc2c(N3CCOCC3)nc(-c3cnc(N)nc3)nc2s1. The van der Waals surface area contributed by atoms with Crippen LogP contribution in [0.3, 0.4) is 0 Å². The molecule has 1 saturated heterocycles. The van der Waals surface area contributed by atoms with E-state index in [-0.39, 0.29) is 11.9 Å². The van der Waals surface area contributed by atoms with Crippen molar-refractivity contribution < 1.29 is 9.53 Å². The van der Waals surface area contributed by atoms with E-state index in [9.17, 15) is 4.79 Å². The summed E-state index contributed by atoms with van der Waals surface area (Å²) >= 11 is 1.56. The second-order valence-corrected chi connectivity index (χ2v) is 7.72. The Morgan fingerprint density at radius 3 is 2.68 bits per heavy atom. The van der Waals surface area contributed by atoms with Crippen LogP contribution in [-0.2, 0) is 16.1 Å². The highest BCUT2D eigenvalue weighted by molar-refractivity contribution is 7.18. The quantitative estimate of drug-likeness (QED) is 0.703. The molecule has 0 aliphatic carbocycles. The number of nitrogens with zero attached hydrogens (tertiary/aromatic N) is 6. The van der Waals surface area contributed by atoms with E-state index in [0.717, 1.165) is 34.0 Å². The Morgan fingerprint density at radius 1 is 1.29 bits per heavy atom. The molecule has 0 radical (unpaired) electrons. The van der Waals surface area contributed by atoms with Crippen LogP contribution in [-0.4, -0.2) is 64.1 Å². The smallest absolute Gasteiger partial charge is 0.219 e. The van der Waals surface area contributed by atoms with Crippen LogP contribution in [0.1, 0.15) is 11.8 Å². The number of amides is 1. The fourth-order valence-corrected chi connectivity index (χ4v) is 4.05. The lowest BCUT2D eigenvalue weighted by molar-refractivity contribution is -0.128. The van der Waals surface area contributed by atoms with Crippen LogP contribution < -0.4 is 10.6 Å². The van der Waals surface area contributed by atoms with Gasteiger partial charge in [-0.1, -0.05) is 0 Å². The minimum atomic E-state index is 0.0247. The average Bonchev–Trinajstić information content (AvgIpc) is 3.10. The molecular weight excluding hydrogens is 378 g/mol. The van der Waals surface area contributed by atoms with Crippen LogP contribution in [0.15, 0.2) is 18.5 Å². The Labute approximate surface area is 166 Å². The molecule has 1 amide bonds. The Morgan fingerprint density at radius 2 is 2.00 bits per heavy atom. The summed E-state index contributed by atoms with van der Waals surface area (Å²) in [6, 6.07) is 2.08. The van der Waals surface area contributed by atoms with E-state index in [2.05, 4.69) is 20.9 Å². The highest BCUT2D eigenvalue weighted by Gasteiger charge is 2.20. The van der Waals surface area contributed by atoms with Crippen molar-refractivity contribution in [3.63, 3.8) is 0 Å². The van der Waals surface area contributed by atoms with E-state index in [1.807, 2.05) is 0 Å². The number of fused-ring (bicyclic) bond motifs is 1. The zero-order valence-electron chi connectivity index (χ0n) is 15.8. The molecule has 0 aromatic carbocycles. The van der Waals surface area contributed by atoms with Crippen LogP contribution in [0.5, 0.6) is 0 Å². The number of nitrogens with two attached hydrogens (primary N) is 1. The summed E-state index contributed by atoms with van der Waals surface area (Å²) in [4.78, 5) is 35.1. The first kappa shape index (κ1) is 18.5. The first-order valence-electron chi connectivity index (χ1n) is 8.94. The minimum Gasteiger partial charge on any atom is -0.378 e. The van der Waals surface area contributed by atoms with Crippen molar-refractivity contribution >= 4 is 39.2 Å². The molecule has 1 aliphatic heterocycles. The molecule has 0 unspecified atom stereocenters. The molecule has 4 rings (SSSR count). The fraction of sp³-hybridized carbons (Fsp3) is 0.389. The van der Waals surface area contributed by atoms with Gasteiger partial charge in [-0.25, -0.2) is 19.9 Å². The van der Waals surface area contributed by atoms with Crippen LogP contribution in [0.4, 0.5) is 11.8 Å². The number of aromatic nitrogens is 4. The number of rotatable bonds is 4. The highest BCUT2D eigenvalue weighted by Crippen LogP contribution is 2.34. The van der Waals surface area contributed by atoms with E-state index in [4.69, 9.17) is 20.4 Å².